The first-order valence-electron chi connectivity index (χ1n) is 11.2. The molecule has 6 N–H and O–H groups in total. The number of carbonyl (C=O) groups excluding carboxylic acids is 3. The Hall–Kier alpha value is -2.24. The summed E-state index contributed by atoms with van der Waals surface area (Å²) in [5, 5.41) is 17.4. The summed E-state index contributed by atoms with van der Waals surface area (Å²) in [4.78, 5) is 50.2. The fourth-order valence-electron chi connectivity index (χ4n) is 3.13. The van der Waals surface area contributed by atoms with E-state index >= 15 is 0 Å². The summed E-state index contributed by atoms with van der Waals surface area (Å²) < 4.78 is 0. The number of aliphatic carboxylic acids is 1. The number of carboxylic acids is 1. The molecule has 3 amide bonds. The van der Waals surface area contributed by atoms with Crippen LogP contribution in [0.2, 0.25) is 0 Å². The number of hydrogen-bond acceptors (Lipinski definition) is 7. The third-order valence-electron chi connectivity index (χ3n) is 5.47. The number of hydrogen-bond donors (Lipinski definition) is 6. The molecule has 0 spiro atoms. The van der Waals surface area contributed by atoms with Crippen molar-refractivity contribution in [2.75, 3.05) is 17.8 Å². The quantitative estimate of drug-likeness (QED) is 0.190. The maximum absolute atomic E-state index is 13.2. The molecule has 1 aromatic rings. The molecule has 0 aliphatic carbocycles. The van der Waals surface area contributed by atoms with Gasteiger partial charge in [-0.1, -0.05) is 50.6 Å². The number of rotatable bonds is 15. The van der Waals surface area contributed by atoms with Crippen LogP contribution in [0, 0.1) is 5.92 Å². The van der Waals surface area contributed by atoms with Crippen molar-refractivity contribution >= 4 is 48.1 Å². The van der Waals surface area contributed by atoms with E-state index in [2.05, 4.69) is 28.6 Å². The number of carbonyl (C=O) groups is 4. The van der Waals surface area contributed by atoms with Crippen LogP contribution in [0.3, 0.4) is 0 Å². The lowest BCUT2D eigenvalue weighted by Crippen LogP contribution is -2.58. The maximum atomic E-state index is 13.2. The van der Waals surface area contributed by atoms with Gasteiger partial charge in [0.25, 0.3) is 0 Å². The van der Waals surface area contributed by atoms with Crippen LogP contribution >= 0.6 is 24.4 Å². The fourth-order valence-corrected chi connectivity index (χ4v) is 3.77. The fraction of sp³-hybridized carbons (Fsp3) is 0.565. The van der Waals surface area contributed by atoms with Gasteiger partial charge in [-0.05, 0) is 29.9 Å². The van der Waals surface area contributed by atoms with Crippen molar-refractivity contribution in [2.24, 2.45) is 11.7 Å². The SMILES string of the molecule is CCC(C)C(NC(=O)C(CCSC)NC(=O)C(Cc1ccccc1)NC(=O)C(N)CS)C(=O)O. The first-order valence-corrected chi connectivity index (χ1v) is 13.2. The van der Waals surface area contributed by atoms with Crippen LogP contribution in [0.25, 0.3) is 0 Å². The van der Waals surface area contributed by atoms with E-state index < -0.39 is 47.9 Å². The molecule has 1 rings (SSSR count). The molecule has 34 heavy (non-hydrogen) atoms. The van der Waals surface area contributed by atoms with Crippen LogP contribution in [-0.4, -0.2) is 70.7 Å². The molecule has 0 saturated heterocycles. The van der Waals surface area contributed by atoms with Crippen LogP contribution in [0.4, 0.5) is 0 Å². The molecule has 0 heterocycles. The smallest absolute Gasteiger partial charge is 0.326 e. The zero-order valence-corrected chi connectivity index (χ0v) is 21.5. The summed E-state index contributed by atoms with van der Waals surface area (Å²) in [6, 6.07) is 5.24. The van der Waals surface area contributed by atoms with E-state index in [9.17, 15) is 24.3 Å². The van der Waals surface area contributed by atoms with Crippen LogP contribution in [0.15, 0.2) is 30.3 Å². The van der Waals surface area contributed by atoms with Crippen LogP contribution in [0.1, 0.15) is 32.3 Å². The van der Waals surface area contributed by atoms with Crippen LogP contribution in [-0.2, 0) is 25.6 Å². The Morgan fingerprint density at radius 2 is 1.62 bits per heavy atom. The molecule has 9 nitrogen and oxygen atoms in total. The largest absolute Gasteiger partial charge is 0.480 e. The number of nitrogens with one attached hydrogen (secondary N) is 3. The van der Waals surface area contributed by atoms with Gasteiger partial charge in [-0.15, -0.1) is 0 Å². The highest BCUT2D eigenvalue weighted by Crippen LogP contribution is 2.10. The summed E-state index contributed by atoms with van der Waals surface area (Å²) in [7, 11) is 0. The lowest BCUT2D eigenvalue weighted by Gasteiger charge is -2.26. The zero-order valence-electron chi connectivity index (χ0n) is 19.8. The van der Waals surface area contributed by atoms with Crippen molar-refractivity contribution in [1.29, 1.82) is 0 Å². The number of amides is 3. The topological polar surface area (TPSA) is 151 Å². The van der Waals surface area contributed by atoms with Crippen molar-refractivity contribution in [3.05, 3.63) is 35.9 Å². The van der Waals surface area contributed by atoms with E-state index in [1.807, 2.05) is 43.5 Å². The van der Waals surface area contributed by atoms with Gasteiger partial charge in [-0.3, -0.25) is 14.4 Å². The van der Waals surface area contributed by atoms with Gasteiger partial charge in [0, 0.05) is 12.2 Å². The Labute approximate surface area is 210 Å². The minimum Gasteiger partial charge on any atom is -0.480 e. The minimum atomic E-state index is -1.13. The lowest BCUT2D eigenvalue weighted by atomic mass is 9.98. The number of carboxylic acid groups (broad SMARTS) is 1. The monoisotopic (exact) mass is 512 g/mol. The second-order valence-electron chi connectivity index (χ2n) is 8.09. The van der Waals surface area contributed by atoms with E-state index in [4.69, 9.17) is 5.73 Å². The molecular weight excluding hydrogens is 476 g/mol. The molecule has 190 valence electrons. The molecule has 11 heteroatoms. The van der Waals surface area contributed by atoms with Crippen molar-refractivity contribution in [1.82, 2.24) is 16.0 Å². The number of benzene rings is 1. The van der Waals surface area contributed by atoms with Gasteiger partial charge in [0.1, 0.15) is 18.1 Å². The van der Waals surface area contributed by atoms with Crippen molar-refractivity contribution in [2.45, 2.75) is 57.3 Å². The molecule has 1 aromatic carbocycles. The third kappa shape index (κ3) is 9.94. The van der Waals surface area contributed by atoms with Crippen molar-refractivity contribution in [3.8, 4) is 0 Å². The van der Waals surface area contributed by atoms with Crippen LogP contribution < -0.4 is 21.7 Å². The highest BCUT2D eigenvalue weighted by atomic mass is 32.2. The Kier molecular flexibility index (Phi) is 13.7. The number of nitrogens with two attached hydrogens (primary N) is 1. The molecule has 0 aromatic heterocycles. The lowest BCUT2D eigenvalue weighted by molar-refractivity contribution is -0.143. The van der Waals surface area contributed by atoms with Gasteiger partial charge in [0.05, 0.1) is 6.04 Å². The first kappa shape index (κ1) is 29.8. The highest BCUT2D eigenvalue weighted by Gasteiger charge is 2.31. The average Bonchev–Trinajstić information content (AvgIpc) is 2.83. The van der Waals surface area contributed by atoms with E-state index in [-0.39, 0.29) is 18.1 Å². The molecule has 0 aliphatic rings. The minimum absolute atomic E-state index is 0.108. The standard InChI is InChI=1S/C23H36N4O5S2/c1-4-14(2)19(23(31)32)27-21(29)17(10-11-34-3)25-22(30)18(26-20(28)16(24)13-33)12-15-8-6-5-7-9-15/h5-9,14,16-19,33H,4,10-13,24H2,1-3H3,(H,25,30)(H,26,28)(H,27,29)(H,31,32). The summed E-state index contributed by atoms with van der Waals surface area (Å²) in [6.45, 7) is 3.58. The van der Waals surface area contributed by atoms with Gasteiger partial charge in [-0.2, -0.15) is 24.4 Å². The van der Waals surface area contributed by atoms with Gasteiger partial charge in [0.2, 0.25) is 17.7 Å². The maximum Gasteiger partial charge on any atom is 0.326 e. The third-order valence-corrected chi connectivity index (χ3v) is 6.51. The second-order valence-corrected chi connectivity index (χ2v) is 9.44. The molecule has 0 radical (unpaired) electrons. The Bertz CT molecular complexity index is 812. The summed E-state index contributed by atoms with van der Waals surface area (Å²) in [5.41, 5.74) is 6.57. The molecule has 5 unspecified atom stereocenters. The number of thioether (sulfide) groups is 1. The van der Waals surface area contributed by atoms with Crippen molar-refractivity contribution in [3.63, 3.8) is 0 Å². The predicted molar refractivity (Wildman–Crippen MR) is 138 cm³/mol. The normalized spacial score (nSPS) is 15.3. The van der Waals surface area contributed by atoms with Gasteiger partial charge < -0.3 is 26.8 Å². The summed E-state index contributed by atoms with van der Waals surface area (Å²) in [5.74, 6) is -2.40. The Morgan fingerprint density at radius 3 is 2.15 bits per heavy atom. The summed E-state index contributed by atoms with van der Waals surface area (Å²) in [6.07, 6.45) is 2.93. The second kappa shape index (κ2) is 15.6. The predicted octanol–water partition coefficient (Wildman–Crippen LogP) is 0.824. The highest BCUT2D eigenvalue weighted by molar-refractivity contribution is 7.98. The van der Waals surface area contributed by atoms with Gasteiger partial charge in [0.15, 0.2) is 0 Å². The van der Waals surface area contributed by atoms with E-state index in [0.717, 1.165) is 5.56 Å². The van der Waals surface area contributed by atoms with E-state index in [1.54, 1.807) is 6.92 Å². The Morgan fingerprint density at radius 1 is 1.03 bits per heavy atom. The molecule has 0 saturated carbocycles. The molecular formula is C23H36N4O5S2. The number of thiol groups is 1. The Balaban J connectivity index is 3.07. The van der Waals surface area contributed by atoms with Crippen LogP contribution in [0.5, 0.6) is 0 Å². The van der Waals surface area contributed by atoms with Crippen molar-refractivity contribution < 1.29 is 24.3 Å². The van der Waals surface area contributed by atoms with Gasteiger partial charge >= 0.3 is 5.97 Å². The zero-order chi connectivity index (χ0) is 25.7. The molecule has 0 aliphatic heterocycles. The summed E-state index contributed by atoms with van der Waals surface area (Å²) >= 11 is 5.53. The molecule has 0 fully saturated rings. The van der Waals surface area contributed by atoms with E-state index in [1.165, 1.54) is 11.8 Å². The molecule has 0 bridgehead atoms. The van der Waals surface area contributed by atoms with E-state index in [0.29, 0.717) is 18.6 Å². The first-order chi connectivity index (χ1) is 16.1. The average molecular weight is 513 g/mol. The van der Waals surface area contributed by atoms with Gasteiger partial charge in [-0.25, -0.2) is 4.79 Å². The molecule has 5 atom stereocenters.